The van der Waals surface area contributed by atoms with E-state index in [1.165, 1.54) is 10.8 Å². The topological polar surface area (TPSA) is 152 Å². The fourth-order valence-corrected chi connectivity index (χ4v) is 14.0. The third-order valence-electron chi connectivity index (χ3n) is 14.1. The Morgan fingerprint density at radius 1 is 0.881 bits per heavy atom. The number of aromatic nitrogens is 4. The minimum Gasteiger partial charge on any atom is -0.453 e. The summed E-state index contributed by atoms with van der Waals surface area (Å²) in [5.74, 6) is 1.23. The molecule has 5 heterocycles. The van der Waals surface area contributed by atoms with Crippen LogP contribution in [0.3, 0.4) is 0 Å². The van der Waals surface area contributed by atoms with E-state index in [1.807, 2.05) is 17.7 Å². The predicted molar refractivity (Wildman–Crippen MR) is 230 cm³/mol. The molecule has 2 aromatic rings. The van der Waals surface area contributed by atoms with E-state index in [-0.39, 0.29) is 60.3 Å². The zero-order valence-electron chi connectivity index (χ0n) is 38.5. The minimum absolute atomic E-state index is 0.0575. The molecule has 5 rings (SSSR count). The highest BCUT2D eigenvalue weighted by Crippen LogP contribution is 2.49. The van der Waals surface area contributed by atoms with Crippen LogP contribution >= 0.6 is 7.60 Å². The summed E-state index contributed by atoms with van der Waals surface area (Å²) in [6, 6.07) is 0.399. The van der Waals surface area contributed by atoms with Crippen molar-refractivity contribution < 1.29 is 46.0 Å². The van der Waals surface area contributed by atoms with Gasteiger partial charge >= 0.3 is 25.2 Å². The smallest absolute Gasteiger partial charge is 0.453 e. The zero-order valence-corrected chi connectivity index (χ0v) is 41.3. The van der Waals surface area contributed by atoms with Crippen LogP contribution in [-0.4, -0.2) is 81.6 Å². The molecule has 0 saturated carbocycles. The minimum atomic E-state index is -3.80. The molecule has 3 aliphatic heterocycles. The Labute approximate surface area is 353 Å². The average molecular weight is 884 g/mol. The Morgan fingerprint density at radius 2 is 1.44 bits per heavy atom. The summed E-state index contributed by atoms with van der Waals surface area (Å²) in [5.41, 5.74) is -0.228. The largest absolute Gasteiger partial charge is 0.504 e. The van der Waals surface area contributed by atoms with Gasteiger partial charge in [0.25, 0.3) is 5.56 Å². The zero-order chi connectivity index (χ0) is 44.0. The van der Waals surface area contributed by atoms with Gasteiger partial charge in [0.2, 0.25) is 6.23 Å². The molecular weight excluding hydrogens is 812 g/mol. The monoisotopic (exact) mass is 883 g/mol. The average Bonchev–Trinajstić information content (AvgIpc) is 3.70. The lowest BCUT2D eigenvalue weighted by Crippen LogP contribution is -2.48. The van der Waals surface area contributed by atoms with Crippen LogP contribution in [0.15, 0.2) is 22.0 Å². The van der Waals surface area contributed by atoms with Crippen LogP contribution in [0.4, 0.5) is 0 Å². The molecule has 0 aromatic carbocycles. The molecule has 334 valence electrons. The summed E-state index contributed by atoms with van der Waals surface area (Å²) in [5, 5.41) is 0.0150. The maximum Gasteiger partial charge on any atom is 0.504 e. The molecule has 59 heavy (non-hydrogen) atoms. The van der Waals surface area contributed by atoms with Gasteiger partial charge in [0.05, 0.1) is 38.4 Å². The maximum atomic E-state index is 14.1. The highest BCUT2D eigenvalue weighted by Gasteiger charge is 2.51. The van der Waals surface area contributed by atoms with E-state index in [2.05, 4.69) is 81.6 Å². The summed E-state index contributed by atoms with van der Waals surface area (Å²) < 4.78 is 68.5. The lowest BCUT2D eigenvalue weighted by molar-refractivity contribution is -0.769. The first-order chi connectivity index (χ1) is 27.3. The van der Waals surface area contributed by atoms with Gasteiger partial charge in [-0.15, -0.1) is 0 Å². The fourth-order valence-electron chi connectivity index (χ4n) is 7.65. The van der Waals surface area contributed by atoms with Crippen molar-refractivity contribution in [3.8, 4) is 11.9 Å². The van der Waals surface area contributed by atoms with Crippen LogP contribution in [0, 0.1) is 25.7 Å². The molecule has 0 spiro atoms. The summed E-state index contributed by atoms with van der Waals surface area (Å²) in [4.78, 5) is 32.3. The molecule has 0 unspecified atom stereocenters. The Bertz CT molecular complexity index is 1970. The third kappa shape index (κ3) is 9.73. The van der Waals surface area contributed by atoms with Crippen LogP contribution < -0.4 is 25.3 Å². The van der Waals surface area contributed by atoms with Crippen molar-refractivity contribution in [1.29, 1.82) is 0 Å². The number of ether oxygens (including phenoxy) is 4. The van der Waals surface area contributed by atoms with Gasteiger partial charge < -0.3 is 36.8 Å². The van der Waals surface area contributed by atoms with Crippen molar-refractivity contribution in [3.05, 3.63) is 44.4 Å². The first-order valence-corrected chi connectivity index (χ1v) is 28.9. The summed E-state index contributed by atoms with van der Waals surface area (Å²) in [6.07, 6.45) is 1.08. The Kier molecular flexibility index (Phi) is 14.5. The quantitative estimate of drug-likeness (QED) is 0.0775. The van der Waals surface area contributed by atoms with Crippen molar-refractivity contribution in [3.63, 3.8) is 0 Å². The van der Waals surface area contributed by atoms with Crippen molar-refractivity contribution in [2.45, 2.75) is 175 Å². The molecule has 15 nitrogen and oxygen atoms in total. The van der Waals surface area contributed by atoms with E-state index < -0.39 is 60.2 Å². The highest BCUT2D eigenvalue weighted by atomic mass is 31.2. The van der Waals surface area contributed by atoms with E-state index in [0.29, 0.717) is 36.8 Å². The molecule has 6 atom stereocenters. The van der Waals surface area contributed by atoms with E-state index in [0.717, 1.165) is 10.1 Å². The lowest BCUT2D eigenvalue weighted by atomic mass is 9.99. The number of hydrogen-bond acceptors (Lipinski definition) is 12. The molecule has 2 fully saturated rings. The molecule has 0 amide bonds. The first kappa shape index (κ1) is 47.8. The summed E-state index contributed by atoms with van der Waals surface area (Å²) in [6.45, 7) is 34.7. The third-order valence-corrected chi connectivity index (χ3v) is 25.2. The second-order valence-corrected chi connectivity index (χ2v) is 30.4. The van der Waals surface area contributed by atoms with Gasteiger partial charge in [-0.1, -0.05) is 55.4 Å². The number of nitrogens with zero attached hydrogens (tertiary/aromatic N) is 4. The molecule has 3 aliphatic rings. The van der Waals surface area contributed by atoms with Crippen LogP contribution in [-0.2, 0) is 38.2 Å². The Balaban J connectivity index is 1.43. The van der Waals surface area contributed by atoms with Crippen LogP contribution in [0.5, 0.6) is 11.9 Å². The second-order valence-electron chi connectivity index (χ2n) is 19.2. The van der Waals surface area contributed by atoms with Crippen molar-refractivity contribution in [1.82, 2.24) is 14.1 Å². The van der Waals surface area contributed by atoms with E-state index in [4.69, 9.17) is 41.8 Å². The Hall–Kier alpha value is -2.22. The SMILES string of the molecule is CCOP(=O)(Cn1c(=O)c(C)cn([C@H]2C[C@H](Oc3nc4[n+](cc3C)[C@H]3C[C@@H](O4)[C@@H](CO[Si](C)(C)C(C)(C)C(C)C)O3)[C@@H](CO[Si](C)(C)C(C)(C)C(C)C)O2)c1=O)OCC. The van der Waals surface area contributed by atoms with Crippen molar-refractivity contribution in [2.24, 2.45) is 11.8 Å². The predicted octanol–water partition coefficient (Wildman–Crippen LogP) is 7.63. The first-order valence-electron chi connectivity index (χ1n) is 21.3. The van der Waals surface area contributed by atoms with Crippen LogP contribution in [0.25, 0.3) is 0 Å². The molecule has 0 N–H and O–H groups in total. The van der Waals surface area contributed by atoms with Gasteiger partial charge in [0, 0.05) is 23.2 Å². The number of rotatable bonds is 19. The molecule has 2 bridgehead atoms. The molecule has 2 saturated heterocycles. The molecule has 2 aromatic heterocycles. The van der Waals surface area contributed by atoms with Gasteiger partial charge in [-0.3, -0.25) is 13.9 Å². The second kappa shape index (κ2) is 17.9. The Morgan fingerprint density at radius 3 is 1.98 bits per heavy atom. The van der Waals surface area contributed by atoms with Gasteiger partial charge in [-0.25, -0.2) is 9.36 Å². The fraction of sp³-hybridized carbons (Fsp3) is 0.805. The normalized spacial score (nSPS) is 23.9. The number of hydrogen-bond donors (Lipinski definition) is 0. The van der Waals surface area contributed by atoms with Crippen molar-refractivity contribution in [2.75, 3.05) is 26.4 Å². The van der Waals surface area contributed by atoms with Crippen LogP contribution in [0.2, 0.25) is 36.3 Å². The van der Waals surface area contributed by atoms with Crippen molar-refractivity contribution >= 4 is 24.2 Å². The lowest BCUT2D eigenvalue weighted by Gasteiger charge is -2.43. The summed E-state index contributed by atoms with van der Waals surface area (Å²) >= 11 is 0. The molecular formula is C41H72N4O11PSi2+. The van der Waals surface area contributed by atoms with E-state index in [9.17, 15) is 14.2 Å². The summed E-state index contributed by atoms with van der Waals surface area (Å²) in [7, 11) is -8.20. The number of fused-ring (bicyclic) bond motifs is 4. The highest BCUT2D eigenvalue weighted by molar-refractivity contribution is 7.52. The van der Waals surface area contributed by atoms with Gasteiger partial charge in [-0.05, 0) is 75.8 Å². The standard InChI is InChI=1S/C41H72N4O11PSi2/c1-17-49-57(48,50-18-2)25-45-37(46)29(8)22-44(39(45)47)35-19-30(32(54-35)23-51-58(13,14)40(9,10)26(3)4)55-36-28(7)21-43-34-20-31(56-38(43)42-36)33(53-34)24-52-59(15,16)41(11,12)27(5)6/h21-22,26-27,30-35H,17-20,23-25H2,1-16H3/q+1/t30-,31+,32+,33+,34+,35+/m0/s1. The van der Waals surface area contributed by atoms with E-state index >= 15 is 0 Å². The maximum absolute atomic E-state index is 14.1. The molecule has 0 radical (unpaired) electrons. The van der Waals surface area contributed by atoms with E-state index in [1.54, 1.807) is 20.8 Å². The molecule has 0 aliphatic carbocycles. The van der Waals surface area contributed by atoms with Crippen LogP contribution in [0.1, 0.15) is 106 Å². The van der Waals surface area contributed by atoms with Gasteiger partial charge in [-0.2, -0.15) is 4.57 Å². The number of aryl methyl sites for hydroxylation is 2. The molecule has 18 heteroatoms. The van der Waals surface area contributed by atoms with Gasteiger partial charge in [0.15, 0.2) is 16.6 Å². The van der Waals surface area contributed by atoms with Gasteiger partial charge in [0.1, 0.15) is 43.1 Å².